The molecule has 0 spiro atoms. The summed E-state index contributed by atoms with van der Waals surface area (Å²) in [6.45, 7) is 0. The molecular weight excluding hydrogens is 661 g/mol. The molecule has 7 aromatic carbocycles. The first-order valence-corrected chi connectivity index (χ1v) is 18.1. The van der Waals surface area contributed by atoms with E-state index in [0.29, 0.717) is 0 Å². The third-order valence-corrected chi connectivity index (χ3v) is 11.6. The first kappa shape index (κ1) is 29.2. The number of aromatic nitrogens is 3. The van der Waals surface area contributed by atoms with Gasteiger partial charge in [0.25, 0.3) is 0 Å². The molecule has 9 aromatic rings. The number of fused-ring (bicyclic) bond motifs is 3. The zero-order valence-electron chi connectivity index (χ0n) is 26.5. The van der Waals surface area contributed by atoms with Crippen molar-refractivity contribution in [3.8, 4) is 67.0 Å². The molecule has 0 aliphatic heterocycles. The van der Waals surface area contributed by atoms with Crippen molar-refractivity contribution in [1.29, 1.82) is 0 Å². The second kappa shape index (κ2) is 12.6. The molecule has 0 aliphatic rings. The summed E-state index contributed by atoms with van der Waals surface area (Å²) in [4.78, 5) is 0. The van der Waals surface area contributed by atoms with Crippen LogP contribution in [0.15, 0.2) is 176 Å². The molecule has 2 aromatic heterocycles. The Labute approximate surface area is 290 Å². The molecular formula is C45H29N3Se. The van der Waals surface area contributed by atoms with Crippen LogP contribution < -0.4 is 0 Å². The van der Waals surface area contributed by atoms with Gasteiger partial charge >= 0.3 is 274 Å². The molecule has 0 saturated carbocycles. The van der Waals surface area contributed by atoms with Crippen LogP contribution >= 0.6 is 0 Å². The smallest absolute Gasteiger partial charge is 0.0617 e. The Bertz CT molecular complexity index is 2590. The fourth-order valence-corrected chi connectivity index (χ4v) is 9.34. The van der Waals surface area contributed by atoms with Gasteiger partial charge in [0.2, 0.25) is 0 Å². The summed E-state index contributed by atoms with van der Waals surface area (Å²) in [6, 6.07) is 62.4. The van der Waals surface area contributed by atoms with E-state index in [4.69, 9.17) is 10.2 Å². The predicted molar refractivity (Wildman–Crippen MR) is 204 cm³/mol. The van der Waals surface area contributed by atoms with Crippen LogP contribution in [-0.2, 0) is 0 Å². The minimum Gasteiger partial charge on any atom is -0.0617 e. The number of nitrogens with zero attached hydrogens (tertiary/aromatic N) is 3. The SMILES string of the molecule is c1ccc(-c2ccccc2-c2nnnc(-c3ccccc3-c3c(-c4ccccc4)ccc4[se]c5ccccc5c34)c2-c2ccccc2)cc1. The molecule has 0 amide bonds. The van der Waals surface area contributed by atoms with Gasteiger partial charge in [0.15, 0.2) is 0 Å². The molecule has 49 heavy (non-hydrogen) atoms. The monoisotopic (exact) mass is 691 g/mol. The summed E-state index contributed by atoms with van der Waals surface area (Å²) >= 11 is 0.227. The summed E-state index contributed by atoms with van der Waals surface area (Å²) < 4.78 is 2.82. The molecule has 0 unspecified atom stereocenters. The molecule has 0 fully saturated rings. The van der Waals surface area contributed by atoms with Gasteiger partial charge in [-0.1, -0.05) is 18.2 Å². The molecule has 0 N–H and O–H groups in total. The minimum absolute atomic E-state index is 0.227. The minimum atomic E-state index is 0.227. The first-order valence-electron chi connectivity index (χ1n) is 16.4. The predicted octanol–water partition coefficient (Wildman–Crippen LogP) is 11.2. The van der Waals surface area contributed by atoms with E-state index < -0.39 is 0 Å². The summed E-state index contributed by atoms with van der Waals surface area (Å²) in [6.07, 6.45) is 0. The molecule has 3 nitrogen and oxygen atoms in total. The Hall–Kier alpha value is -5.93. The van der Waals surface area contributed by atoms with E-state index in [0.717, 1.165) is 50.3 Å². The van der Waals surface area contributed by atoms with Crippen molar-refractivity contribution in [1.82, 2.24) is 15.4 Å². The van der Waals surface area contributed by atoms with Crippen LogP contribution in [0.25, 0.3) is 86.3 Å². The Kier molecular flexibility index (Phi) is 7.51. The van der Waals surface area contributed by atoms with Crippen molar-refractivity contribution in [3.05, 3.63) is 176 Å². The molecule has 0 radical (unpaired) electrons. The van der Waals surface area contributed by atoms with Crippen LogP contribution in [0.2, 0.25) is 0 Å². The maximum atomic E-state index is 4.88. The number of hydrogen-bond donors (Lipinski definition) is 0. The summed E-state index contributed by atoms with van der Waals surface area (Å²) in [7, 11) is 0. The van der Waals surface area contributed by atoms with Crippen LogP contribution in [0, 0.1) is 0 Å². The molecule has 9 rings (SSSR count). The Morgan fingerprint density at radius 2 is 0.816 bits per heavy atom. The zero-order valence-corrected chi connectivity index (χ0v) is 28.2. The third-order valence-electron chi connectivity index (χ3n) is 9.17. The van der Waals surface area contributed by atoms with E-state index >= 15 is 0 Å². The average molecular weight is 691 g/mol. The van der Waals surface area contributed by atoms with E-state index in [1.807, 2.05) is 6.07 Å². The fourth-order valence-electron chi connectivity index (χ4n) is 7.00. The number of benzene rings is 7. The van der Waals surface area contributed by atoms with Gasteiger partial charge in [0.1, 0.15) is 0 Å². The van der Waals surface area contributed by atoms with Crippen molar-refractivity contribution in [2.75, 3.05) is 0 Å². The molecule has 2 heterocycles. The van der Waals surface area contributed by atoms with Crippen LogP contribution in [-0.4, -0.2) is 29.9 Å². The Morgan fingerprint density at radius 3 is 1.47 bits per heavy atom. The van der Waals surface area contributed by atoms with E-state index in [9.17, 15) is 0 Å². The standard InChI is InChI=1S/C45H29N3Se/c1-4-16-30(17-5-1)33-22-10-12-24-36(33)44-41(32-20-8-3-9-21-32)45(47-48-46-44)37-25-13-11-23-35(37)42-34(31-18-6-2-7-19-31)28-29-40-43(42)38-26-14-15-27-39(38)49-40/h1-29H. The third kappa shape index (κ3) is 5.19. The number of rotatable bonds is 6. The molecule has 0 saturated heterocycles. The van der Waals surface area contributed by atoms with Crippen molar-refractivity contribution in [2.45, 2.75) is 0 Å². The summed E-state index contributed by atoms with van der Waals surface area (Å²) in [5.41, 5.74) is 12.7. The van der Waals surface area contributed by atoms with Crippen molar-refractivity contribution >= 4 is 33.8 Å². The van der Waals surface area contributed by atoms with Gasteiger partial charge in [-0.05, 0) is 0 Å². The van der Waals surface area contributed by atoms with Crippen molar-refractivity contribution < 1.29 is 0 Å². The van der Waals surface area contributed by atoms with Gasteiger partial charge in [-0.3, -0.25) is 0 Å². The van der Waals surface area contributed by atoms with Crippen LogP contribution in [0.1, 0.15) is 0 Å². The van der Waals surface area contributed by atoms with Crippen LogP contribution in [0.5, 0.6) is 0 Å². The molecule has 4 heteroatoms. The van der Waals surface area contributed by atoms with Gasteiger partial charge in [-0.15, -0.1) is 0 Å². The number of hydrogen-bond acceptors (Lipinski definition) is 3. The van der Waals surface area contributed by atoms with Crippen LogP contribution in [0.3, 0.4) is 0 Å². The zero-order chi connectivity index (χ0) is 32.6. The molecule has 0 atom stereocenters. The van der Waals surface area contributed by atoms with Gasteiger partial charge in [0.05, 0.1) is 0 Å². The summed E-state index contributed by atoms with van der Waals surface area (Å²) in [5, 5.41) is 16.8. The summed E-state index contributed by atoms with van der Waals surface area (Å²) in [5.74, 6) is 0. The van der Waals surface area contributed by atoms with E-state index in [1.54, 1.807) is 0 Å². The Morgan fingerprint density at radius 1 is 0.327 bits per heavy atom. The van der Waals surface area contributed by atoms with Gasteiger partial charge in [0, 0.05) is 0 Å². The quantitative estimate of drug-likeness (QED) is 0.163. The van der Waals surface area contributed by atoms with E-state index in [-0.39, 0.29) is 14.5 Å². The molecule has 0 aliphatic carbocycles. The topological polar surface area (TPSA) is 38.7 Å². The van der Waals surface area contributed by atoms with Gasteiger partial charge < -0.3 is 0 Å². The molecule has 230 valence electrons. The van der Waals surface area contributed by atoms with E-state index in [1.165, 1.54) is 36.0 Å². The average Bonchev–Trinajstić information content (AvgIpc) is 3.57. The normalized spacial score (nSPS) is 11.3. The maximum absolute atomic E-state index is 4.88. The van der Waals surface area contributed by atoms with Crippen molar-refractivity contribution in [3.63, 3.8) is 0 Å². The molecule has 0 bridgehead atoms. The second-order valence-corrected chi connectivity index (χ2v) is 14.3. The van der Waals surface area contributed by atoms with Crippen LogP contribution in [0.4, 0.5) is 0 Å². The first-order chi connectivity index (χ1) is 24.3. The second-order valence-electron chi connectivity index (χ2n) is 12.0. The van der Waals surface area contributed by atoms with Gasteiger partial charge in [-0.2, -0.15) is 0 Å². The van der Waals surface area contributed by atoms with Crippen molar-refractivity contribution in [2.24, 2.45) is 0 Å². The fraction of sp³-hybridized carbons (Fsp3) is 0. The van der Waals surface area contributed by atoms with E-state index in [2.05, 4.69) is 175 Å². The van der Waals surface area contributed by atoms with Gasteiger partial charge in [-0.25, -0.2) is 0 Å². The Balaban J connectivity index is 1.37.